The first-order valence-corrected chi connectivity index (χ1v) is 7.01. The highest BCUT2D eigenvalue weighted by Gasteiger charge is 2.22. The molecule has 1 aromatic heterocycles. The maximum absolute atomic E-state index is 12.5. The summed E-state index contributed by atoms with van der Waals surface area (Å²) in [7, 11) is 0. The molecule has 0 atom stereocenters. The van der Waals surface area contributed by atoms with Crippen molar-refractivity contribution in [1.29, 1.82) is 0 Å². The van der Waals surface area contributed by atoms with Crippen molar-refractivity contribution in [3.8, 4) is 5.75 Å². The zero-order chi connectivity index (χ0) is 15.8. The van der Waals surface area contributed by atoms with Crippen LogP contribution in [0.5, 0.6) is 5.75 Å². The van der Waals surface area contributed by atoms with Gasteiger partial charge in [-0.3, -0.25) is 14.7 Å². The average molecular weight is 308 g/mol. The molecular weight excluding hydrogens is 296 g/mol. The molecule has 4 rings (SSSR count). The van der Waals surface area contributed by atoms with Gasteiger partial charge in [0.15, 0.2) is 12.4 Å². The predicted octanol–water partition coefficient (Wildman–Crippen LogP) is 2.15. The number of H-pyrrole nitrogens is 1. The van der Waals surface area contributed by atoms with Crippen LogP contribution >= 0.6 is 0 Å². The number of nitrogens with one attached hydrogen (secondary N) is 3. The van der Waals surface area contributed by atoms with E-state index in [2.05, 4.69) is 20.8 Å². The lowest BCUT2D eigenvalue weighted by Gasteiger charge is -2.20. The number of benzene rings is 2. The molecule has 7 heteroatoms. The molecular formula is C16H12N4O3. The van der Waals surface area contributed by atoms with Gasteiger partial charge in [-0.15, -0.1) is 0 Å². The normalized spacial score (nSPS) is 13.1. The second kappa shape index (κ2) is 5.13. The van der Waals surface area contributed by atoms with E-state index in [9.17, 15) is 9.59 Å². The molecule has 0 aliphatic carbocycles. The van der Waals surface area contributed by atoms with Gasteiger partial charge in [-0.25, -0.2) is 0 Å². The topological polar surface area (TPSA) is 96.1 Å². The van der Waals surface area contributed by atoms with Crippen LogP contribution < -0.4 is 15.4 Å². The summed E-state index contributed by atoms with van der Waals surface area (Å²) in [6.07, 6.45) is 1.71. The smallest absolute Gasteiger partial charge is 0.262 e. The van der Waals surface area contributed by atoms with Crippen LogP contribution in [0, 0.1) is 0 Å². The van der Waals surface area contributed by atoms with E-state index in [4.69, 9.17) is 4.74 Å². The number of carbonyl (C=O) groups excluding carboxylic acids is 2. The molecule has 0 fully saturated rings. The van der Waals surface area contributed by atoms with Crippen LogP contribution in [0.4, 0.5) is 11.4 Å². The largest absolute Gasteiger partial charge is 0.481 e. The van der Waals surface area contributed by atoms with E-state index in [1.54, 1.807) is 36.5 Å². The fraction of sp³-hybridized carbons (Fsp3) is 0.0625. The summed E-state index contributed by atoms with van der Waals surface area (Å²) < 4.78 is 5.39. The van der Waals surface area contributed by atoms with E-state index in [0.29, 0.717) is 22.7 Å². The van der Waals surface area contributed by atoms with Gasteiger partial charge in [0.25, 0.3) is 11.8 Å². The molecule has 0 spiro atoms. The van der Waals surface area contributed by atoms with E-state index < -0.39 is 0 Å². The number of fused-ring (bicyclic) bond motifs is 2. The number of anilines is 2. The number of rotatable bonds is 2. The summed E-state index contributed by atoms with van der Waals surface area (Å²) in [4.78, 5) is 23.9. The van der Waals surface area contributed by atoms with Crippen molar-refractivity contribution in [2.75, 3.05) is 17.2 Å². The Bertz CT molecular complexity index is 932. The predicted molar refractivity (Wildman–Crippen MR) is 84.6 cm³/mol. The molecule has 2 amide bonds. The van der Waals surface area contributed by atoms with E-state index >= 15 is 0 Å². The van der Waals surface area contributed by atoms with Crippen molar-refractivity contribution in [3.63, 3.8) is 0 Å². The fourth-order valence-electron chi connectivity index (χ4n) is 2.51. The minimum absolute atomic E-state index is 0.0998. The molecule has 0 radical (unpaired) electrons. The summed E-state index contributed by atoms with van der Waals surface area (Å²) >= 11 is 0. The molecule has 0 saturated carbocycles. The van der Waals surface area contributed by atoms with Crippen molar-refractivity contribution in [2.24, 2.45) is 0 Å². The monoisotopic (exact) mass is 308 g/mol. The van der Waals surface area contributed by atoms with Gasteiger partial charge in [-0.2, -0.15) is 5.10 Å². The highest BCUT2D eigenvalue weighted by Crippen LogP contribution is 2.32. The van der Waals surface area contributed by atoms with Crippen LogP contribution in [-0.4, -0.2) is 28.6 Å². The summed E-state index contributed by atoms with van der Waals surface area (Å²) in [5.74, 6) is -0.163. The number of hydrogen-bond donors (Lipinski definition) is 3. The molecule has 3 aromatic rings. The van der Waals surface area contributed by atoms with Gasteiger partial charge in [0.05, 0.1) is 23.0 Å². The minimum atomic E-state index is -0.308. The van der Waals surface area contributed by atoms with Gasteiger partial charge in [0, 0.05) is 11.1 Å². The first kappa shape index (κ1) is 13.3. The van der Waals surface area contributed by atoms with Crippen molar-refractivity contribution in [2.45, 2.75) is 0 Å². The van der Waals surface area contributed by atoms with Crippen molar-refractivity contribution in [3.05, 3.63) is 48.2 Å². The Labute approximate surface area is 130 Å². The Morgan fingerprint density at radius 3 is 3.09 bits per heavy atom. The van der Waals surface area contributed by atoms with E-state index in [1.165, 1.54) is 0 Å². The van der Waals surface area contributed by atoms with Crippen LogP contribution in [-0.2, 0) is 4.79 Å². The maximum Gasteiger partial charge on any atom is 0.262 e. The van der Waals surface area contributed by atoms with E-state index in [1.807, 2.05) is 6.07 Å². The molecule has 1 aliphatic rings. The third-order valence-electron chi connectivity index (χ3n) is 3.58. The van der Waals surface area contributed by atoms with Gasteiger partial charge >= 0.3 is 0 Å². The van der Waals surface area contributed by atoms with E-state index in [-0.39, 0.29) is 18.4 Å². The van der Waals surface area contributed by atoms with Crippen LogP contribution in [0.3, 0.4) is 0 Å². The quantitative estimate of drug-likeness (QED) is 0.676. The molecule has 0 unspecified atom stereocenters. The maximum atomic E-state index is 12.5. The Kier molecular flexibility index (Phi) is 2.97. The first-order chi connectivity index (χ1) is 11.2. The zero-order valence-corrected chi connectivity index (χ0v) is 11.9. The molecule has 114 valence electrons. The lowest BCUT2D eigenvalue weighted by Crippen LogP contribution is -2.27. The first-order valence-electron chi connectivity index (χ1n) is 7.01. The fourth-order valence-corrected chi connectivity index (χ4v) is 2.51. The highest BCUT2D eigenvalue weighted by atomic mass is 16.5. The number of amides is 2. The molecule has 2 aromatic carbocycles. The van der Waals surface area contributed by atoms with Crippen LogP contribution in [0.25, 0.3) is 10.9 Å². The number of ether oxygens (including phenoxy) is 1. The van der Waals surface area contributed by atoms with Crippen LogP contribution in [0.15, 0.2) is 42.6 Å². The molecule has 0 bridgehead atoms. The van der Waals surface area contributed by atoms with Gasteiger partial charge in [-0.05, 0) is 30.3 Å². The summed E-state index contributed by atoms with van der Waals surface area (Å²) in [5.41, 5.74) is 2.34. The second-order valence-corrected chi connectivity index (χ2v) is 5.15. The van der Waals surface area contributed by atoms with Gasteiger partial charge in [-0.1, -0.05) is 6.07 Å². The highest BCUT2D eigenvalue weighted by molar-refractivity contribution is 6.09. The van der Waals surface area contributed by atoms with Crippen molar-refractivity contribution in [1.82, 2.24) is 10.2 Å². The van der Waals surface area contributed by atoms with Gasteiger partial charge < -0.3 is 15.4 Å². The number of aromatic nitrogens is 2. The number of nitrogens with zero attached hydrogens (tertiary/aromatic N) is 1. The van der Waals surface area contributed by atoms with Gasteiger partial charge in [0.2, 0.25) is 0 Å². The lowest BCUT2D eigenvalue weighted by atomic mass is 10.1. The van der Waals surface area contributed by atoms with Gasteiger partial charge in [0.1, 0.15) is 0 Å². The summed E-state index contributed by atoms with van der Waals surface area (Å²) in [6.45, 7) is -0.0998. The molecule has 0 saturated heterocycles. The Morgan fingerprint density at radius 2 is 2.17 bits per heavy atom. The third-order valence-corrected chi connectivity index (χ3v) is 3.58. The SMILES string of the molecule is O=C1COc2c(cccc2C(=O)Nc2ccc3cn[nH]c3c2)N1. The third kappa shape index (κ3) is 2.38. The summed E-state index contributed by atoms with van der Waals surface area (Å²) in [5, 5.41) is 13.3. The molecule has 7 nitrogen and oxygen atoms in total. The summed E-state index contributed by atoms with van der Waals surface area (Å²) in [6, 6.07) is 10.5. The Hall–Kier alpha value is -3.35. The second-order valence-electron chi connectivity index (χ2n) is 5.15. The van der Waals surface area contributed by atoms with E-state index in [0.717, 1.165) is 10.9 Å². The minimum Gasteiger partial charge on any atom is -0.481 e. The van der Waals surface area contributed by atoms with Crippen LogP contribution in [0.2, 0.25) is 0 Å². The van der Waals surface area contributed by atoms with Crippen LogP contribution in [0.1, 0.15) is 10.4 Å². The lowest BCUT2D eigenvalue weighted by molar-refractivity contribution is -0.118. The van der Waals surface area contributed by atoms with Crippen molar-refractivity contribution < 1.29 is 14.3 Å². The Morgan fingerprint density at radius 1 is 1.26 bits per heavy atom. The molecule has 3 N–H and O–H groups in total. The average Bonchev–Trinajstić information content (AvgIpc) is 3.01. The number of aromatic amines is 1. The van der Waals surface area contributed by atoms with Crippen molar-refractivity contribution >= 4 is 34.1 Å². The number of hydrogen-bond acceptors (Lipinski definition) is 4. The Balaban J connectivity index is 1.64. The zero-order valence-electron chi connectivity index (χ0n) is 11.9. The molecule has 1 aliphatic heterocycles. The number of carbonyl (C=O) groups is 2. The number of para-hydroxylation sites is 1. The standard InChI is InChI=1S/C16H12N4O3/c21-14-8-23-15-11(2-1-3-12(15)19-14)16(22)18-10-5-4-9-7-17-20-13(9)6-10/h1-7H,8H2,(H,17,20)(H,18,22)(H,19,21). The molecule has 2 heterocycles. The molecule has 23 heavy (non-hydrogen) atoms.